The summed E-state index contributed by atoms with van der Waals surface area (Å²) in [5.74, 6) is -1.03. The van der Waals surface area contributed by atoms with Gasteiger partial charge in [-0.15, -0.1) is 0 Å². The van der Waals surface area contributed by atoms with Crippen LogP contribution in [-0.2, 0) is 16.1 Å². The van der Waals surface area contributed by atoms with E-state index >= 15 is 0 Å². The minimum absolute atomic E-state index is 0.120. The summed E-state index contributed by atoms with van der Waals surface area (Å²) >= 11 is 0. The number of benzene rings is 2. The van der Waals surface area contributed by atoms with Gasteiger partial charge in [0.25, 0.3) is 11.6 Å². The Balaban J connectivity index is 1.90. The molecule has 0 fully saturated rings. The number of nitro groups is 1. The lowest BCUT2D eigenvalue weighted by Gasteiger charge is -2.18. The van der Waals surface area contributed by atoms with E-state index in [-0.39, 0.29) is 17.2 Å². The molecule has 7 nitrogen and oxygen atoms in total. The predicted molar refractivity (Wildman–Crippen MR) is 95.8 cm³/mol. The van der Waals surface area contributed by atoms with E-state index in [9.17, 15) is 19.7 Å². The lowest BCUT2D eigenvalue weighted by atomic mass is 10.1. The number of nitro benzene ring substituents is 1. The molecular formula is C19H20N2O5. The fraction of sp³-hybridized carbons (Fsp3) is 0.263. The number of esters is 1. The fourth-order valence-electron chi connectivity index (χ4n) is 2.41. The van der Waals surface area contributed by atoms with Crippen LogP contribution in [0.3, 0.4) is 0 Å². The smallest absolute Gasteiger partial charge is 0.338 e. The second-order valence-corrected chi connectivity index (χ2v) is 6.06. The topological polar surface area (TPSA) is 89.8 Å². The Hall–Kier alpha value is -3.22. The Bertz CT molecular complexity index is 830. The Morgan fingerprint density at radius 1 is 1.12 bits per heavy atom. The van der Waals surface area contributed by atoms with Crippen LogP contribution in [0.2, 0.25) is 0 Å². The molecule has 0 unspecified atom stereocenters. The van der Waals surface area contributed by atoms with Crippen molar-refractivity contribution in [2.24, 2.45) is 0 Å². The largest absolute Gasteiger partial charge is 0.452 e. The number of nitrogens with zero attached hydrogens (tertiary/aromatic N) is 2. The van der Waals surface area contributed by atoms with Crippen molar-refractivity contribution in [3.63, 3.8) is 0 Å². The third kappa shape index (κ3) is 4.89. The van der Waals surface area contributed by atoms with Crippen molar-refractivity contribution in [1.82, 2.24) is 4.90 Å². The quantitative estimate of drug-likeness (QED) is 0.451. The van der Waals surface area contributed by atoms with Gasteiger partial charge in [0.05, 0.1) is 10.5 Å². The predicted octanol–water partition coefficient (Wildman–Crippen LogP) is 3.03. The van der Waals surface area contributed by atoms with E-state index in [0.29, 0.717) is 6.54 Å². The summed E-state index contributed by atoms with van der Waals surface area (Å²) in [6, 6.07) is 11.0. The molecule has 0 saturated carbocycles. The van der Waals surface area contributed by atoms with Gasteiger partial charge >= 0.3 is 5.97 Å². The van der Waals surface area contributed by atoms with Gasteiger partial charge < -0.3 is 9.64 Å². The van der Waals surface area contributed by atoms with E-state index in [1.165, 1.54) is 29.2 Å². The molecule has 0 N–H and O–H groups in total. The lowest BCUT2D eigenvalue weighted by Crippen LogP contribution is -2.31. The molecule has 1 amide bonds. The molecule has 0 aliphatic heterocycles. The monoisotopic (exact) mass is 356 g/mol. The molecule has 2 aromatic rings. The number of hydrogen-bond donors (Lipinski definition) is 0. The van der Waals surface area contributed by atoms with E-state index in [4.69, 9.17) is 4.74 Å². The van der Waals surface area contributed by atoms with E-state index in [1.807, 2.05) is 32.0 Å². The summed E-state index contributed by atoms with van der Waals surface area (Å²) < 4.78 is 5.00. The molecule has 0 saturated heterocycles. The Morgan fingerprint density at radius 3 is 2.35 bits per heavy atom. The highest BCUT2D eigenvalue weighted by Gasteiger charge is 2.15. The maximum absolute atomic E-state index is 12.2. The maximum Gasteiger partial charge on any atom is 0.338 e. The summed E-state index contributed by atoms with van der Waals surface area (Å²) in [4.78, 5) is 35.6. The molecule has 0 aromatic heterocycles. The zero-order chi connectivity index (χ0) is 19.3. The Morgan fingerprint density at radius 2 is 1.77 bits per heavy atom. The standard InChI is InChI=1S/C19H20N2O5/c1-13-4-5-16(14(2)10-13)11-20(3)18(22)12-26-19(23)15-6-8-17(9-7-15)21(24)25/h4-10H,11-12H2,1-3H3. The SMILES string of the molecule is Cc1ccc(CN(C)C(=O)COC(=O)c2ccc([N+](=O)[O-])cc2)c(C)c1. The molecule has 0 radical (unpaired) electrons. The molecule has 2 aromatic carbocycles. The maximum atomic E-state index is 12.2. The van der Waals surface area contributed by atoms with Crippen molar-refractivity contribution in [2.75, 3.05) is 13.7 Å². The van der Waals surface area contributed by atoms with Crippen molar-refractivity contribution in [3.8, 4) is 0 Å². The van der Waals surface area contributed by atoms with Crippen LogP contribution in [0.4, 0.5) is 5.69 Å². The number of hydrogen-bond acceptors (Lipinski definition) is 5. The van der Waals surface area contributed by atoms with Crippen LogP contribution in [0.5, 0.6) is 0 Å². The average molecular weight is 356 g/mol. The molecule has 2 rings (SSSR count). The zero-order valence-electron chi connectivity index (χ0n) is 14.9. The summed E-state index contributed by atoms with van der Waals surface area (Å²) in [5.41, 5.74) is 3.30. The first-order chi connectivity index (χ1) is 12.3. The molecule has 136 valence electrons. The number of rotatable bonds is 6. The first-order valence-corrected chi connectivity index (χ1v) is 7.99. The van der Waals surface area contributed by atoms with Gasteiger partial charge in [-0.3, -0.25) is 14.9 Å². The Labute approximate surface area is 151 Å². The highest BCUT2D eigenvalue weighted by Crippen LogP contribution is 2.14. The number of ether oxygens (including phenoxy) is 1. The van der Waals surface area contributed by atoms with E-state index in [2.05, 4.69) is 0 Å². The van der Waals surface area contributed by atoms with Crippen molar-refractivity contribution in [3.05, 3.63) is 74.8 Å². The van der Waals surface area contributed by atoms with Gasteiger partial charge in [0.15, 0.2) is 6.61 Å². The van der Waals surface area contributed by atoms with E-state index < -0.39 is 17.5 Å². The van der Waals surface area contributed by atoms with Gasteiger partial charge in [0.2, 0.25) is 0 Å². The van der Waals surface area contributed by atoms with Crippen LogP contribution >= 0.6 is 0 Å². The minimum Gasteiger partial charge on any atom is -0.452 e. The third-order valence-corrected chi connectivity index (χ3v) is 3.97. The van der Waals surface area contributed by atoms with Crippen molar-refractivity contribution >= 4 is 17.6 Å². The van der Waals surface area contributed by atoms with Gasteiger partial charge in [-0.2, -0.15) is 0 Å². The summed E-state index contributed by atoms with van der Waals surface area (Å²) in [6.07, 6.45) is 0. The molecule has 26 heavy (non-hydrogen) atoms. The van der Waals surface area contributed by atoms with Crippen LogP contribution in [0, 0.1) is 24.0 Å². The average Bonchev–Trinajstić information content (AvgIpc) is 2.61. The first-order valence-electron chi connectivity index (χ1n) is 7.99. The molecule has 0 heterocycles. The van der Waals surface area contributed by atoms with Crippen molar-refractivity contribution in [1.29, 1.82) is 0 Å². The van der Waals surface area contributed by atoms with Crippen LogP contribution in [0.25, 0.3) is 0 Å². The number of amides is 1. The highest BCUT2D eigenvalue weighted by molar-refractivity contribution is 5.91. The second kappa shape index (κ2) is 8.24. The fourth-order valence-corrected chi connectivity index (χ4v) is 2.41. The molecule has 0 bridgehead atoms. The van der Waals surface area contributed by atoms with Crippen molar-refractivity contribution in [2.45, 2.75) is 20.4 Å². The molecule has 0 spiro atoms. The van der Waals surface area contributed by atoms with Crippen LogP contribution in [0.15, 0.2) is 42.5 Å². The van der Waals surface area contributed by atoms with E-state index in [0.717, 1.165) is 16.7 Å². The van der Waals surface area contributed by atoms with E-state index in [1.54, 1.807) is 7.05 Å². The minimum atomic E-state index is -0.701. The van der Waals surface area contributed by atoms with Crippen LogP contribution < -0.4 is 0 Å². The van der Waals surface area contributed by atoms with Gasteiger partial charge in [0, 0.05) is 25.7 Å². The summed E-state index contributed by atoms with van der Waals surface area (Å²) in [5, 5.41) is 10.6. The van der Waals surface area contributed by atoms with Crippen LogP contribution in [0.1, 0.15) is 27.0 Å². The third-order valence-electron chi connectivity index (χ3n) is 3.97. The number of carbonyl (C=O) groups is 2. The van der Waals surface area contributed by atoms with Gasteiger partial charge in [0.1, 0.15) is 0 Å². The van der Waals surface area contributed by atoms with Gasteiger partial charge in [-0.25, -0.2) is 4.79 Å². The highest BCUT2D eigenvalue weighted by atomic mass is 16.6. The number of likely N-dealkylation sites (N-methyl/N-ethyl adjacent to an activating group) is 1. The number of non-ortho nitro benzene ring substituents is 1. The number of aryl methyl sites for hydroxylation is 2. The van der Waals surface area contributed by atoms with Gasteiger partial charge in [-0.05, 0) is 37.1 Å². The summed E-state index contributed by atoms with van der Waals surface area (Å²) in [7, 11) is 1.64. The first kappa shape index (κ1) is 19.1. The van der Waals surface area contributed by atoms with Gasteiger partial charge in [-0.1, -0.05) is 23.8 Å². The number of carbonyl (C=O) groups excluding carboxylic acids is 2. The molecule has 0 aliphatic rings. The Kier molecular flexibility index (Phi) is 6.06. The van der Waals surface area contributed by atoms with Crippen LogP contribution in [-0.4, -0.2) is 35.4 Å². The molecule has 7 heteroatoms. The van der Waals surface area contributed by atoms with Crippen molar-refractivity contribution < 1.29 is 19.2 Å². The normalized spacial score (nSPS) is 10.3. The zero-order valence-corrected chi connectivity index (χ0v) is 14.9. The second-order valence-electron chi connectivity index (χ2n) is 6.06. The summed E-state index contributed by atoms with van der Waals surface area (Å²) in [6.45, 7) is 4.01. The molecule has 0 atom stereocenters. The lowest BCUT2D eigenvalue weighted by molar-refractivity contribution is -0.384. The molecule has 0 aliphatic carbocycles. The molecular weight excluding hydrogens is 336 g/mol.